The van der Waals surface area contributed by atoms with Gasteiger partial charge in [-0.15, -0.1) is 0 Å². The summed E-state index contributed by atoms with van der Waals surface area (Å²) in [5.41, 5.74) is 0. The van der Waals surface area contributed by atoms with Gasteiger partial charge in [0.05, 0.1) is 13.5 Å². The van der Waals surface area contributed by atoms with Gasteiger partial charge in [0.15, 0.2) is 0 Å². The number of carbonyl (C=O) groups excluding carboxylic acids is 2. The molecule has 2 amide bonds. The van der Waals surface area contributed by atoms with Crippen LogP contribution in [-0.4, -0.2) is 43.3 Å². The summed E-state index contributed by atoms with van der Waals surface area (Å²) in [5, 5.41) is 13.6. The predicted octanol–water partition coefficient (Wildman–Crippen LogP) is 0.350. The average molecular weight is 260 g/mol. The quantitative estimate of drug-likeness (QED) is 0.546. The number of hydrogen-bond donors (Lipinski definition) is 3. The Morgan fingerprint density at radius 1 is 1.22 bits per heavy atom. The predicted molar refractivity (Wildman–Crippen MR) is 64.1 cm³/mol. The third kappa shape index (κ3) is 9.44. The molecule has 0 aromatic carbocycles. The Hall–Kier alpha value is -1.79. The second-order valence-corrected chi connectivity index (χ2v) is 4.00. The first-order chi connectivity index (χ1) is 8.45. The smallest absolute Gasteiger partial charge is 0.314 e. The molecule has 1 atom stereocenters. The van der Waals surface area contributed by atoms with E-state index < -0.39 is 5.97 Å². The topological polar surface area (TPSA) is 105 Å². The number of nitrogens with one attached hydrogen (secondary N) is 2. The minimum Gasteiger partial charge on any atom is -0.481 e. The van der Waals surface area contributed by atoms with E-state index in [1.54, 1.807) is 0 Å². The van der Waals surface area contributed by atoms with Crippen molar-refractivity contribution < 1.29 is 24.2 Å². The van der Waals surface area contributed by atoms with E-state index in [1.165, 1.54) is 7.11 Å². The number of hydrogen-bond acceptors (Lipinski definition) is 4. The number of carboxylic acid groups (broad SMARTS) is 1. The third-order valence-corrected chi connectivity index (χ3v) is 2.30. The molecule has 0 fully saturated rings. The normalized spacial score (nSPS) is 11.4. The molecular weight excluding hydrogens is 240 g/mol. The molecule has 0 aliphatic carbocycles. The minimum absolute atomic E-state index is 0.0901. The lowest BCUT2D eigenvalue weighted by molar-refractivity contribution is -0.140. The maximum atomic E-state index is 11.3. The first-order valence-electron chi connectivity index (χ1n) is 5.76. The van der Waals surface area contributed by atoms with Crippen molar-refractivity contribution in [2.75, 3.05) is 20.2 Å². The van der Waals surface area contributed by atoms with E-state index >= 15 is 0 Å². The number of methoxy groups -OCH3 is 1. The Kier molecular flexibility index (Phi) is 8.34. The number of urea groups is 1. The molecule has 0 aromatic rings. The molecule has 0 radical (unpaired) electrons. The average Bonchev–Trinajstić information content (AvgIpc) is 2.33. The van der Waals surface area contributed by atoms with Gasteiger partial charge in [-0.25, -0.2) is 4.79 Å². The minimum atomic E-state index is -0.843. The number of rotatable bonds is 8. The van der Waals surface area contributed by atoms with E-state index in [9.17, 15) is 14.4 Å². The van der Waals surface area contributed by atoms with E-state index in [0.29, 0.717) is 13.0 Å². The summed E-state index contributed by atoms with van der Waals surface area (Å²) in [6, 6.07) is -0.374. The third-order valence-electron chi connectivity index (χ3n) is 2.30. The summed E-state index contributed by atoms with van der Waals surface area (Å²) in [6.07, 6.45) is 0.725. The monoisotopic (exact) mass is 260 g/mol. The fourth-order valence-corrected chi connectivity index (χ4v) is 1.18. The number of carbonyl (C=O) groups is 3. The number of amides is 2. The van der Waals surface area contributed by atoms with Crippen LogP contribution in [0.25, 0.3) is 0 Å². The Balaban J connectivity index is 3.57. The molecule has 0 bridgehead atoms. The molecule has 104 valence electrons. The first-order valence-corrected chi connectivity index (χ1v) is 5.76. The van der Waals surface area contributed by atoms with Crippen molar-refractivity contribution in [2.24, 2.45) is 5.92 Å². The van der Waals surface area contributed by atoms with E-state index in [4.69, 9.17) is 5.11 Å². The van der Waals surface area contributed by atoms with Crippen LogP contribution in [-0.2, 0) is 14.3 Å². The molecule has 0 spiro atoms. The van der Waals surface area contributed by atoms with Gasteiger partial charge in [0.25, 0.3) is 0 Å². The molecule has 18 heavy (non-hydrogen) atoms. The second-order valence-electron chi connectivity index (χ2n) is 4.00. The maximum Gasteiger partial charge on any atom is 0.314 e. The zero-order valence-electron chi connectivity index (χ0n) is 10.7. The Morgan fingerprint density at radius 3 is 2.44 bits per heavy atom. The van der Waals surface area contributed by atoms with Gasteiger partial charge in [-0.1, -0.05) is 6.92 Å². The molecule has 0 rings (SSSR count). The van der Waals surface area contributed by atoms with Crippen LogP contribution >= 0.6 is 0 Å². The summed E-state index contributed by atoms with van der Waals surface area (Å²) in [5.74, 6) is -1.14. The molecule has 0 aromatic heterocycles. The molecule has 0 saturated carbocycles. The SMILES string of the molecule is COC(=O)CCNC(=O)NCC(C)CCC(=O)O. The Morgan fingerprint density at radius 2 is 1.89 bits per heavy atom. The highest BCUT2D eigenvalue weighted by Gasteiger charge is 2.08. The van der Waals surface area contributed by atoms with Gasteiger partial charge in [0.1, 0.15) is 0 Å². The van der Waals surface area contributed by atoms with Crippen LogP contribution in [0.5, 0.6) is 0 Å². The molecule has 0 heterocycles. The van der Waals surface area contributed by atoms with E-state index in [-0.39, 0.29) is 37.3 Å². The Bertz CT molecular complexity index is 293. The van der Waals surface area contributed by atoms with Gasteiger partial charge >= 0.3 is 18.0 Å². The number of carboxylic acids is 1. The van der Waals surface area contributed by atoms with Crippen LogP contribution in [0.3, 0.4) is 0 Å². The number of esters is 1. The molecule has 1 unspecified atom stereocenters. The van der Waals surface area contributed by atoms with Crippen LogP contribution in [0, 0.1) is 5.92 Å². The van der Waals surface area contributed by atoms with Gasteiger partial charge in [0, 0.05) is 19.5 Å². The fourth-order valence-electron chi connectivity index (χ4n) is 1.18. The lowest BCUT2D eigenvalue weighted by Gasteiger charge is -2.12. The highest BCUT2D eigenvalue weighted by Crippen LogP contribution is 2.03. The largest absolute Gasteiger partial charge is 0.481 e. The molecule has 3 N–H and O–H groups in total. The number of aliphatic carboxylic acids is 1. The van der Waals surface area contributed by atoms with E-state index in [2.05, 4.69) is 15.4 Å². The molecule has 0 aliphatic heterocycles. The summed E-state index contributed by atoms with van der Waals surface area (Å²) in [7, 11) is 1.28. The first kappa shape index (κ1) is 16.2. The van der Waals surface area contributed by atoms with E-state index in [0.717, 1.165) is 0 Å². The maximum absolute atomic E-state index is 11.3. The molecule has 7 heteroatoms. The lowest BCUT2D eigenvalue weighted by Crippen LogP contribution is -2.38. The van der Waals surface area contributed by atoms with Crippen molar-refractivity contribution in [3.05, 3.63) is 0 Å². The van der Waals surface area contributed by atoms with Crippen molar-refractivity contribution in [1.82, 2.24) is 10.6 Å². The van der Waals surface area contributed by atoms with Gasteiger partial charge in [-0.05, 0) is 12.3 Å². The van der Waals surface area contributed by atoms with Crippen LogP contribution in [0.1, 0.15) is 26.2 Å². The van der Waals surface area contributed by atoms with E-state index in [1.807, 2.05) is 6.92 Å². The summed E-state index contributed by atoms with van der Waals surface area (Å²) in [4.78, 5) is 32.4. The fraction of sp³-hybridized carbons (Fsp3) is 0.727. The molecule has 7 nitrogen and oxygen atoms in total. The van der Waals surface area contributed by atoms with Crippen molar-refractivity contribution in [2.45, 2.75) is 26.2 Å². The molecule has 0 aliphatic rings. The van der Waals surface area contributed by atoms with Gasteiger partial charge < -0.3 is 20.5 Å². The number of ether oxygens (including phenoxy) is 1. The second kappa shape index (κ2) is 9.26. The van der Waals surface area contributed by atoms with Crippen LogP contribution < -0.4 is 10.6 Å². The summed E-state index contributed by atoms with van der Waals surface area (Å²) in [6.45, 7) is 2.47. The molecule has 0 saturated heterocycles. The zero-order chi connectivity index (χ0) is 14.0. The van der Waals surface area contributed by atoms with Crippen LogP contribution in [0.2, 0.25) is 0 Å². The standard InChI is InChI=1S/C11H20N2O5/c1-8(3-4-9(14)15)7-13-11(17)12-6-5-10(16)18-2/h8H,3-7H2,1-2H3,(H,14,15)(H2,12,13,17). The van der Waals surface area contributed by atoms with Crippen molar-refractivity contribution in [3.63, 3.8) is 0 Å². The van der Waals surface area contributed by atoms with Crippen molar-refractivity contribution in [3.8, 4) is 0 Å². The van der Waals surface area contributed by atoms with Crippen molar-refractivity contribution in [1.29, 1.82) is 0 Å². The van der Waals surface area contributed by atoms with Gasteiger partial charge in [-0.2, -0.15) is 0 Å². The van der Waals surface area contributed by atoms with Gasteiger partial charge in [0.2, 0.25) is 0 Å². The molecular formula is C11H20N2O5. The summed E-state index contributed by atoms with van der Waals surface area (Å²) < 4.78 is 4.42. The Labute approximate surface area is 106 Å². The van der Waals surface area contributed by atoms with Crippen LogP contribution in [0.15, 0.2) is 0 Å². The zero-order valence-corrected chi connectivity index (χ0v) is 10.7. The highest BCUT2D eigenvalue weighted by atomic mass is 16.5. The summed E-state index contributed by atoms with van der Waals surface area (Å²) >= 11 is 0. The highest BCUT2D eigenvalue weighted by molar-refractivity contribution is 5.75. The van der Waals surface area contributed by atoms with Crippen molar-refractivity contribution >= 4 is 18.0 Å². The van der Waals surface area contributed by atoms with Gasteiger partial charge in [-0.3, -0.25) is 9.59 Å². The lowest BCUT2D eigenvalue weighted by atomic mass is 10.1. The van der Waals surface area contributed by atoms with Crippen LogP contribution in [0.4, 0.5) is 4.79 Å².